The Morgan fingerprint density at radius 1 is 0.923 bits per heavy atom. The summed E-state index contributed by atoms with van der Waals surface area (Å²) in [5, 5.41) is 0. The van der Waals surface area contributed by atoms with Crippen molar-refractivity contribution in [3.05, 3.63) is 53.6 Å². The molecule has 0 aromatic heterocycles. The third-order valence-corrected chi connectivity index (χ3v) is 4.00. The molecule has 2 aromatic carbocycles. The second kappa shape index (κ2) is 9.15. The van der Waals surface area contributed by atoms with Crippen molar-refractivity contribution < 1.29 is 66.3 Å². The quantitative estimate of drug-likeness (QED) is 0.362. The smallest absolute Gasteiger partial charge is 0.744 e. The molecule has 0 unspecified atom stereocenters. The number of hydrogen-bond acceptors (Lipinski definition) is 8. The fourth-order valence-corrected chi connectivity index (χ4v) is 2.40. The zero-order valence-corrected chi connectivity index (χ0v) is 17.0. The Morgan fingerprint density at radius 3 is 2.00 bits per heavy atom. The van der Waals surface area contributed by atoms with E-state index in [1.807, 2.05) is 0 Å². The van der Waals surface area contributed by atoms with Crippen LogP contribution >= 0.6 is 0 Å². The van der Waals surface area contributed by atoms with E-state index < -0.39 is 27.0 Å². The zero-order valence-electron chi connectivity index (χ0n) is 14.2. The van der Waals surface area contributed by atoms with Crippen LogP contribution in [0.1, 0.15) is 20.7 Å². The van der Waals surface area contributed by atoms with Crippen LogP contribution < -0.4 is 34.3 Å². The minimum atomic E-state index is -4.58. The number of esters is 2. The Bertz CT molecular complexity index is 906. The molecule has 0 fully saturated rings. The summed E-state index contributed by atoms with van der Waals surface area (Å²) in [6, 6.07) is 8.63. The fourth-order valence-electron chi connectivity index (χ4n) is 1.93. The van der Waals surface area contributed by atoms with E-state index in [0.29, 0.717) is 0 Å². The van der Waals surface area contributed by atoms with Gasteiger partial charge in [0.05, 0.1) is 24.7 Å². The van der Waals surface area contributed by atoms with Crippen LogP contribution in [0.4, 0.5) is 0 Å². The largest absolute Gasteiger partial charge is 1.00 e. The maximum Gasteiger partial charge on any atom is 1.00 e. The molecule has 132 valence electrons. The molecule has 0 radical (unpaired) electrons. The molecule has 0 spiro atoms. The van der Waals surface area contributed by atoms with Crippen LogP contribution in [0.3, 0.4) is 0 Å². The standard InChI is InChI=1S/C16H14O8S.Na/c1-22-15(17)10-3-8-13(16(18)23-2)14(9-10)24-11-4-6-12(7-5-11)25(19,20)21;/h3-9H,1-2H3,(H,19,20,21);/q;+1/p-1. The molecule has 0 saturated heterocycles. The van der Waals surface area contributed by atoms with Gasteiger partial charge >= 0.3 is 41.5 Å². The number of carbonyl (C=O) groups is 2. The number of benzene rings is 2. The van der Waals surface area contributed by atoms with Gasteiger partial charge in [-0.1, -0.05) is 0 Å². The van der Waals surface area contributed by atoms with Crippen molar-refractivity contribution in [2.45, 2.75) is 4.90 Å². The molecule has 0 saturated carbocycles. The topological polar surface area (TPSA) is 119 Å². The number of hydrogen-bond donors (Lipinski definition) is 0. The van der Waals surface area contributed by atoms with E-state index in [1.54, 1.807) is 0 Å². The van der Waals surface area contributed by atoms with E-state index in [0.717, 1.165) is 12.1 Å². The van der Waals surface area contributed by atoms with Crippen molar-refractivity contribution in [2.75, 3.05) is 14.2 Å². The summed E-state index contributed by atoms with van der Waals surface area (Å²) in [6.07, 6.45) is 0. The number of ether oxygens (including phenoxy) is 3. The first-order valence-electron chi connectivity index (χ1n) is 6.80. The summed E-state index contributed by atoms with van der Waals surface area (Å²) in [7, 11) is -2.18. The maximum atomic E-state index is 11.8. The van der Waals surface area contributed by atoms with Crippen LogP contribution in [0.25, 0.3) is 0 Å². The first kappa shape index (κ1) is 22.1. The first-order chi connectivity index (χ1) is 11.8. The Labute approximate surface area is 172 Å². The fraction of sp³-hybridized carbons (Fsp3) is 0.125. The summed E-state index contributed by atoms with van der Waals surface area (Å²) in [5.41, 5.74) is 0.194. The van der Waals surface area contributed by atoms with Gasteiger partial charge in [-0.2, -0.15) is 0 Å². The maximum absolute atomic E-state index is 11.8. The number of rotatable bonds is 5. The van der Waals surface area contributed by atoms with Crippen molar-refractivity contribution in [1.29, 1.82) is 0 Å². The molecule has 0 amide bonds. The SMILES string of the molecule is COC(=O)c1ccc(C(=O)OC)c(Oc2ccc(S(=O)(=O)[O-])cc2)c1.[Na+]. The van der Waals surface area contributed by atoms with Gasteiger partial charge in [0.2, 0.25) is 0 Å². The van der Waals surface area contributed by atoms with Crippen molar-refractivity contribution in [3.63, 3.8) is 0 Å². The van der Waals surface area contributed by atoms with E-state index in [1.165, 1.54) is 44.6 Å². The third kappa shape index (κ3) is 5.29. The predicted octanol–water partition coefficient (Wildman–Crippen LogP) is -1.04. The van der Waals surface area contributed by atoms with Gasteiger partial charge in [-0.3, -0.25) is 0 Å². The van der Waals surface area contributed by atoms with E-state index in [4.69, 9.17) is 4.74 Å². The van der Waals surface area contributed by atoms with Crippen LogP contribution in [0.5, 0.6) is 11.5 Å². The summed E-state index contributed by atoms with van der Waals surface area (Å²) in [4.78, 5) is 23.0. The van der Waals surface area contributed by atoms with Gasteiger partial charge in [0.15, 0.2) is 0 Å². The summed E-state index contributed by atoms with van der Waals surface area (Å²) in [5.74, 6) is -1.16. The van der Waals surface area contributed by atoms with Crippen molar-refractivity contribution in [3.8, 4) is 11.5 Å². The van der Waals surface area contributed by atoms with Gasteiger partial charge in [0.25, 0.3) is 0 Å². The van der Waals surface area contributed by atoms with Crippen LogP contribution in [0.2, 0.25) is 0 Å². The molecule has 2 aromatic rings. The van der Waals surface area contributed by atoms with Gasteiger partial charge < -0.3 is 18.8 Å². The molecule has 0 N–H and O–H groups in total. The van der Waals surface area contributed by atoms with Crippen molar-refractivity contribution in [2.24, 2.45) is 0 Å². The molecule has 8 nitrogen and oxygen atoms in total. The second-order valence-electron chi connectivity index (χ2n) is 4.72. The Kier molecular flexibility index (Phi) is 7.79. The van der Waals surface area contributed by atoms with Crippen LogP contribution in [0, 0.1) is 0 Å². The molecule has 0 atom stereocenters. The molecular weight excluding hydrogens is 375 g/mol. The number of methoxy groups -OCH3 is 2. The minimum Gasteiger partial charge on any atom is -0.744 e. The van der Waals surface area contributed by atoms with E-state index in [-0.39, 0.29) is 52.2 Å². The molecule has 0 bridgehead atoms. The third-order valence-electron chi connectivity index (χ3n) is 3.15. The molecule has 0 heterocycles. The molecular formula is C16H13NaO8S. The van der Waals surface area contributed by atoms with E-state index in [9.17, 15) is 22.6 Å². The minimum absolute atomic E-state index is 0. The summed E-state index contributed by atoms with van der Waals surface area (Å²) in [6.45, 7) is 0. The second-order valence-corrected chi connectivity index (χ2v) is 6.10. The average molecular weight is 388 g/mol. The Hall–Kier alpha value is -1.91. The average Bonchev–Trinajstić information content (AvgIpc) is 2.60. The molecule has 0 aliphatic heterocycles. The molecule has 10 heteroatoms. The Morgan fingerprint density at radius 2 is 1.50 bits per heavy atom. The summed E-state index contributed by atoms with van der Waals surface area (Å²) >= 11 is 0. The van der Waals surface area contributed by atoms with Crippen LogP contribution in [-0.4, -0.2) is 39.1 Å². The van der Waals surface area contributed by atoms with Gasteiger partial charge in [0.1, 0.15) is 27.2 Å². The first-order valence-corrected chi connectivity index (χ1v) is 8.21. The predicted molar refractivity (Wildman–Crippen MR) is 83.6 cm³/mol. The zero-order chi connectivity index (χ0) is 18.6. The van der Waals surface area contributed by atoms with Crippen LogP contribution in [-0.2, 0) is 19.6 Å². The summed E-state index contributed by atoms with van der Waals surface area (Å²) < 4.78 is 47.6. The van der Waals surface area contributed by atoms with Crippen LogP contribution in [0.15, 0.2) is 47.4 Å². The van der Waals surface area contributed by atoms with E-state index in [2.05, 4.69) is 9.47 Å². The van der Waals surface area contributed by atoms with Gasteiger partial charge in [-0.25, -0.2) is 18.0 Å². The van der Waals surface area contributed by atoms with Gasteiger partial charge in [-0.05, 0) is 42.5 Å². The van der Waals surface area contributed by atoms with Gasteiger partial charge in [-0.15, -0.1) is 0 Å². The molecule has 0 aliphatic rings. The monoisotopic (exact) mass is 388 g/mol. The number of carbonyl (C=O) groups excluding carboxylic acids is 2. The molecule has 26 heavy (non-hydrogen) atoms. The Balaban J connectivity index is 0.00000338. The van der Waals surface area contributed by atoms with Crippen molar-refractivity contribution >= 4 is 22.1 Å². The molecule has 0 aliphatic carbocycles. The van der Waals surface area contributed by atoms with Crippen molar-refractivity contribution in [1.82, 2.24) is 0 Å². The van der Waals surface area contributed by atoms with Gasteiger partial charge in [0, 0.05) is 0 Å². The van der Waals surface area contributed by atoms with E-state index >= 15 is 0 Å². The molecule has 2 rings (SSSR count). The normalized spacial score (nSPS) is 10.4.